The summed E-state index contributed by atoms with van der Waals surface area (Å²) in [5, 5.41) is 11.1. The van der Waals surface area contributed by atoms with E-state index in [0.717, 1.165) is 5.52 Å². The Bertz CT molecular complexity index is 1340. The van der Waals surface area contributed by atoms with Gasteiger partial charge in [0.2, 0.25) is 5.91 Å². The number of benzene rings is 3. The van der Waals surface area contributed by atoms with Crippen molar-refractivity contribution in [1.29, 1.82) is 0 Å². The second-order valence-electron chi connectivity index (χ2n) is 8.47. The molecule has 4 rings (SSSR count). The van der Waals surface area contributed by atoms with Crippen LogP contribution in [0.2, 0.25) is 0 Å². The number of ether oxygens (including phenoxy) is 1. The summed E-state index contributed by atoms with van der Waals surface area (Å²) in [5.74, 6) is -0.470. The van der Waals surface area contributed by atoms with Crippen molar-refractivity contribution in [2.75, 3.05) is 12.4 Å². The number of methoxy groups -OCH3 is 1. The third-order valence-electron chi connectivity index (χ3n) is 6.13. The normalized spacial score (nSPS) is 12.7. The summed E-state index contributed by atoms with van der Waals surface area (Å²) in [7, 11) is 1.56. The first-order chi connectivity index (χ1) is 17.4. The zero-order chi connectivity index (χ0) is 25.7. The van der Waals surface area contributed by atoms with Crippen LogP contribution >= 0.6 is 0 Å². The number of hydrogen-bond acceptors (Lipinski definition) is 5. The summed E-state index contributed by atoms with van der Waals surface area (Å²) in [5.41, 5.74) is 2.46. The first-order valence-corrected chi connectivity index (χ1v) is 11.7. The highest BCUT2D eigenvalue weighted by atomic mass is 19.1. The van der Waals surface area contributed by atoms with Gasteiger partial charge in [-0.1, -0.05) is 36.4 Å². The summed E-state index contributed by atoms with van der Waals surface area (Å²) in [6.45, 7) is 3.78. The third-order valence-corrected chi connectivity index (χ3v) is 6.13. The van der Waals surface area contributed by atoms with Crippen molar-refractivity contribution in [1.82, 2.24) is 19.9 Å². The Kier molecular flexibility index (Phi) is 7.58. The molecule has 0 unspecified atom stereocenters. The second-order valence-corrected chi connectivity index (χ2v) is 8.47. The summed E-state index contributed by atoms with van der Waals surface area (Å²) < 4.78 is 20.2. The molecule has 3 aromatic carbocycles. The lowest BCUT2D eigenvalue weighted by Gasteiger charge is -2.36. The van der Waals surface area contributed by atoms with Gasteiger partial charge in [-0.15, -0.1) is 5.10 Å². The van der Waals surface area contributed by atoms with Crippen LogP contribution in [0.4, 0.5) is 10.1 Å². The van der Waals surface area contributed by atoms with Crippen LogP contribution in [0.1, 0.15) is 31.9 Å². The first-order valence-electron chi connectivity index (χ1n) is 11.7. The molecule has 2 amide bonds. The highest BCUT2D eigenvalue weighted by Crippen LogP contribution is 2.29. The van der Waals surface area contributed by atoms with E-state index in [1.165, 1.54) is 28.9 Å². The summed E-state index contributed by atoms with van der Waals surface area (Å²) in [6.07, 6.45) is 0.625. The number of nitrogens with one attached hydrogen (secondary N) is 1. The van der Waals surface area contributed by atoms with E-state index in [4.69, 9.17) is 4.74 Å². The zero-order valence-corrected chi connectivity index (χ0v) is 20.4. The quantitative estimate of drug-likeness (QED) is 0.372. The van der Waals surface area contributed by atoms with Crippen molar-refractivity contribution in [2.45, 2.75) is 38.9 Å². The number of nitrogens with zero attached hydrogens (tertiary/aromatic N) is 4. The predicted molar refractivity (Wildman–Crippen MR) is 135 cm³/mol. The average molecular weight is 490 g/mol. The molecule has 4 aromatic rings. The zero-order valence-electron chi connectivity index (χ0n) is 20.4. The standard InChI is InChI=1S/C27H28FN5O3/c1-4-18(2)33(25(34)17-32-24-8-6-5-7-23(24)30-31-32)26(19-9-15-22(36-3)16-10-19)27(35)29-21-13-11-20(28)12-14-21/h5-16,18,26H,4,17H2,1-3H3,(H,29,35)/t18-,26+/m0/s1. The Morgan fingerprint density at radius 2 is 1.75 bits per heavy atom. The fourth-order valence-corrected chi connectivity index (χ4v) is 4.05. The molecule has 0 fully saturated rings. The third kappa shape index (κ3) is 5.35. The fraction of sp³-hybridized carbons (Fsp3) is 0.259. The molecule has 9 heteroatoms. The van der Waals surface area contributed by atoms with Gasteiger partial charge in [0, 0.05) is 11.7 Å². The summed E-state index contributed by atoms with van der Waals surface area (Å²) >= 11 is 0. The van der Waals surface area contributed by atoms with Gasteiger partial charge in [-0.25, -0.2) is 9.07 Å². The minimum absolute atomic E-state index is 0.0820. The van der Waals surface area contributed by atoms with Crippen molar-refractivity contribution >= 4 is 28.5 Å². The highest BCUT2D eigenvalue weighted by Gasteiger charge is 2.34. The van der Waals surface area contributed by atoms with Gasteiger partial charge in [-0.05, 0) is 67.4 Å². The molecule has 0 aliphatic carbocycles. The number of amides is 2. The van der Waals surface area contributed by atoms with Crippen LogP contribution in [-0.4, -0.2) is 44.9 Å². The lowest BCUT2D eigenvalue weighted by molar-refractivity contribution is -0.142. The van der Waals surface area contributed by atoms with Crippen LogP contribution in [0.15, 0.2) is 72.8 Å². The van der Waals surface area contributed by atoms with Gasteiger partial charge in [0.1, 0.15) is 29.7 Å². The van der Waals surface area contributed by atoms with Gasteiger partial charge in [0.05, 0.1) is 12.6 Å². The van der Waals surface area contributed by atoms with Crippen LogP contribution in [0.5, 0.6) is 5.75 Å². The molecule has 36 heavy (non-hydrogen) atoms. The lowest BCUT2D eigenvalue weighted by Crippen LogP contribution is -2.47. The maximum absolute atomic E-state index is 13.8. The number of hydrogen-bond donors (Lipinski definition) is 1. The molecular weight excluding hydrogens is 461 g/mol. The van der Waals surface area contributed by atoms with Crippen molar-refractivity contribution in [2.24, 2.45) is 0 Å². The minimum Gasteiger partial charge on any atom is -0.497 e. The molecule has 8 nitrogen and oxygen atoms in total. The van der Waals surface area contributed by atoms with E-state index in [-0.39, 0.29) is 18.5 Å². The van der Waals surface area contributed by atoms with E-state index >= 15 is 0 Å². The van der Waals surface area contributed by atoms with Crippen molar-refractivity contribution in [3.05, 3.63) is 84.2 Å². The number of anilines is 1. The van der Waals surface area contributed by atoms with Gasteiger partial charge in [0.15, 0.2) is 0 Å². The largest absolute Gasteiger partial charge is 0.497 e. The molecule has 0 radical (unpaired) electrons. The van der Waals surface area contributed by atoms with E-state index in [1.54, 1.807) is 36.3 Å². The molecule has 0 spiro atoms. The van der Waals surface area contributed by atoms with E-state index in [1.807, 2.05) is 38.1 Å². The van der Waals surface area contributed by atoms with E-state index < -0.39 is 17.8 Å². The minimum atomic E-state index is -0.946. The van der Waals surface area contributed by atoms with Crippen molar-refractivity contribution in [3.63, 3.8) is 0 Å². The Labute approximate surface area is 208 Å². The Morgan fingerprint density at radius 3 is 2.42 bits per heavy atom. The highest BCUT2D eigenvalue weighted by molar-refractivity contribution is 5.98. The molecule has 0 saturated carbocycles. The number of halogens is 1. The number of fused-ring (bicyclic) bond motifs is 1. The number of aromatic nitrogens is 3. The lowest BCUT2D eigenvalue weighted by atomic mass is 10.0. The molecule has 186 valence electrons. The SMILES string of the molecule is CC[C@H](C)N(C(=O)Cn1nnc2ccccc21)[C@@H](C(=O)Nc1ccc(F)cc1)c1ccc(OC)cc1. The fourth-order valence-electron chi connectivity index (χ4n) is 4.05. The summed E-state index contributed by atoms with van der Waals surface area (Å²) in [4.78, 5) is 29.0. The maximum Gasteiger partial charge on any atom is 0.251 e. The molecule has 0 saturated heterocycles. The molecule has 1 heterocycles. The Morgan fingerprint density at radius 1 is 1.06 bits per heavy atom. The molecule has 0 aliphatic heterocycles. The molecule has 0 bridgehead atoms. The smallest absolute Gasteiger partial charge is 0.251 e. The molecule has 1 aromatic heterocycles. The molecule has 0 aliphatic rings. The van der Waals surface area contributed by atoms with Gasteiger partial charge < -0.3 is 15.0 Å². The van der Waals surface area contributed by atoms with Gasteiger partial charge >= 0.3 is 0 Å². The first kappa shape index (κ1) is 24.8. The monoisotopic (exact) mass is 489 g/mol. The number of carbonyl (C=O) groups excluding carboxylic acids is 2. The maximum atomic E-state index is 13.8. The van der Waals surface area contributed by atoms with Crippen LogP contribution in [0, 0.1) is 5.82 Å². The average Bonchev–Trinajstić information content (AvgIpc) is 3.30. The number of rotatable bonds is 9. The molecule has 2 atom stereocenters. The van der Waals surface area contributed by atoms with Gasteiger partial charge in [0.25, 0.3) is 5.91 Å². The van der Waals surface area contributed by atoms with Gasteiger partial charge in [-0.3, -0.25) is 9.59 Å². The van der Waals surface area contributed by atoms with Gasteiger partial charge in [-0.2, -0.15) is 0 Å². The summed E-state index contributed by atoms with van der Waals surface area (Å²) in [6, 6.07) is 18.7. The van der Waals surface area contributed by atoms with Crippen molar-refractivity contribution < 1.29 is 18.7 Å². The molecular formula is C27H28FN5O3. The van der Waals surface area contributed by atoms with E-state index in [9.17, 15) is 14.0 Å². The van der Waals surface area contributed by atoms with Crippen LogP contribution < -0.4 is 10.1 Å². The van der Waals surface area contributed by atoms with Crippen LogP contribution in [0.3, 0.4) is 0 Å². The van der Waals surface area contributed by atoms with E-state index in [2.05, 4.69) is 15.6 Å². The molecule has 1 N–H and O–H groups in total. The number of carbonyl (C=O) groups is 2. The predicted octanol–water partition coefficient (Wildman–Crippen LogP) is 4.59. The topological polar surface area (TPSA) is 89.4 Å². The van der Waals surface area contributed by atoms with Crippen LogP contribution in [0.25, 0.3) is 11.0 Å². The Hall–Kier alpha value is -4.27. The number of para-hydroxylation sites is 1. The van der Waals surface area contributed by atoms with E-state index in [0.29, 0.717) is 28.9 Å². The van der Waals surface area contributed by atoms with Crippen molar-refractivity contribution in [3.8, 4) is 5.75 Å². The van der Waals surface area contributed by atoms with Crippen LogP contribution in [-0.2, 0) is 16.1 Å². The Balaban J connectivity index is 1.71. The second kappa shape index (κ2) is 11.0.